The third-order valence-electron chi connectivity index (χ3n) is 5.70. The maximum atomic E-state index is 13.4. The number of hydrazine groups is 1. The van der Waals surface area contributed by atoms with Crippen molar-refractivity contribution >= 4 is 27.6 Å². The molecule has 2 atom stereocenters. The van der Waals surface area contributed by atoms with Crippen LogP contribution in [0.2, 0.25) is 0 Å². The average Bonchev–Trinajstić information content (AvgIpc) is 2.91. The Labute approximate surface area is 222 Å². The molecule has 3 rings (SSSR count). The summed E-state index contributed by atoms with van der Waals surface area (Å²) in [5.74, 6) is -0.310. The number of amides is 1. The van der Waals surface area contributed by atoms with Crippen LogP contribution in [0.1, 0.15) is 47.1 Å². The van der Waals surface area contributed by atoms with Crippen molar-refractivity contribution in [1.29, 1.82) is 0 Å². The number of benzene rings is 1. The number of hydrogen-bond acceptors (Lipinski definition) is 8. The second-order valence-corrected chi connectivity index (χ2v) is 10.5. The largest absolute Gasteiger partial charge is 0.494 e. The molecule has 0 fully saturated rings. The van der Waals surface area contributed by atoms with Crippen molar-refractivity contribution in [2.75, 3.05) is 19.5 Å². The van der Waals surface area contributed by atoms with Gasteiger partial charge in [0.1, 0.15) is 23.0 Å². The van der Waals surface area contributed by atoms with E-state index in [4.69, 9.17) is 9.47 Å². The Morgan fingerprint density at radius 3 is 2.16 bits per heavy atom. The Morgan fingerprint density at radius 1 is 0.947 bits per heavy atom. The van der Waals surface area contributed by atoms with Gasteiger partial charge in [0.15, 0.2) is 0 Å². The predicted molar refractivity (Wildman–Crippen MR) is 144 cm³/mol. The van der Waals surface area contributed by atoms with Gasteiger partial charge in [0.2, 0.25) is 5.96 Å². The maximum Gasteiger partial charge on any atom is 0.271 e. The lowest BCUT2D eigenvalue weighted by Crippen LogP contribution is -2.45. The smallest absolute Gasteiger partial charge is 0.271 e. The lowest BCUT2D eigenvalue weighted by atomic mass is 10.1. The molecule has 0 aliphatic rings. The van der Waals surface area contributed by atoms with Crippen LogP contribution in [0.3, 0.4) is 0 Å². The standard InChI is InChI=1S/C25H31N7O5S/c1-15-10-19(14-26-11-15)24(33)30-31-25(29-22-20(36-5)8-7-9-21(22)37-6)32-38(34,35)18(4)17(3)23-27-12-16(2)13-28-23/h7-14,17-18H,1-6H3,(H,30,33)(H2,29,31,32)/t17-,18+/m0/s1. The van der Waals surface area contributed by atoms with Gasteiger partial charge in [-0.25, -0.2) is 18.4 Å². The van der Waals surface area contributed by atoms with Gasteiger partial charge in [0.25, 0.3) is 15.9 Å². The van der Waals surface area contributed by atoms with Crippen LogP contribution in [0.4, 0.5) is 5.69 Å². The molecule has 3 N–H and O–H groups in total. The molecule has 13 heteroatoms. The second-order valence-electron chi connectivity index (χ2n) is 8.56. The number of aromatic nitrogens is 3. The summed E-state index contributed by atoms with van der Waals surface area (Å²) in [4.78, 5) is 25.2. The summed E-state index contributed by atoms with van der Waals surface area (Å²) in [6.45, 7) is 6.87. The summed E-state index contributed by atoms with van der Waals surface area (Å²) in [6.07, 6.45) is 6.25. The van der Waals surface area contributed by atoms with E-state index in [2.05, 4.69) is 35.5 Å². The fourth-order valence-corrected chi connectivity index (χ4v) is 4.50. The second kappa shape index (κ2) is 12.3. The van der Waals surface area contributed by atoms with Gasteiger partial charge in [-0.05, 0) is 50.1 Å². The topological polar surface area (TPSA) is 157 Å². The number of ether oxygens (including phenoxy) is 2. The highest BCUT2D eigenvalue weighted by molar-refractivity contribution is 7.90. The van der Waals surface area contributed by atoms with E-state index in [1.54, 1.807) is 56.7 Å². The van der Waals surface area contributed by atoms with E-state index in [1.807, 2.05) is 6.92 Å². The van der Waals surface area contributed by atoms with Gasteiger partial charge < -0.3 is 14.8 Å². The Kier molecular flexibility index (Phi) is 9.18. The monoisotopic (exact) mass is 541 g/mol. The number of nitrogens with one attached hydrogen (secondary N) is 3. The number of pyridine rings is 1. The normalized spacial score (nSPS) is 13.3. The molecule has 202 valence electrons. The molecule has 38 heavy (non-hydrogen) atoms. The number of carbonyl (C=O) groups is 1. The summed E-state index contributed by atoms with van der Waals surface area (Å²) >= 11 is 0. The van der Waals surface area contributed by atoms with Gasteiger partial charge in [-0.2, -0.15) is 0 Å². The minimum atomic E-state index is -4.16. The van der Waals surface area contributed by atoms with Crippen LogP contribution in [0.5, 0.6) is 11.5 Å². The number of anilines is 1. The van der Waals surface area contributed by atoms with Crippen LogP contribution in [0.15, 0.2) is 53.5 Å². The average molecular weight is 542 g/mol. The zero-order valence-corrected chi connectivity index (χ0v) is 22.8. The Hall–Kier alpha value is -4.26. The fourth-order valence-electron chi connectivity index (χ4n) is 3.35. The van der Waals surface area contributed by atoms with Crippen LogP contribution in [0.25, 0.3) is 0 Å². The molecule has 2 heterocycles. The molecule has 0 radical (unpaired) electrons. The molecule has 0 saturated heterocycles. The molecule has 0 saturated carbocycles. The van der Waals surface area contributed by atoms with Gasteiger partial charge >= 0.3 is 0 Å². The molecule has 12 nitrogen and oxygen atoms in total. The number of sulfonamides is 1. The number of aryl methyl sites for hydroxylation is 2. The van der Waals surface area contributed by atoms with E-state index in [1.165, 1.54) is 27.3 Å². The van der Waals surface area contributed by atoms with Gasteiger partial charge in [-0.1, -0.05) is 13.0 Å². The highest BCUT2D eigenvalue weighted by atomic mass is 32.2. The van der Waals surface area contributed by atoms with Crippen molar-refractivity contribution in [2.45, 2.75) is 38.9 Å². The molecular formula is C25H31N7O5S. The van der Waals surface area contributed by atoms with E-state index < -0.39 is 27.1 Å². The summed E-state index contributed by atoms with van der Waals surface area (Å²) in [7, 11) is -1.24. The van der Waals surface area contributed by atoms with E-state index in [0.29, 0.717) is 23.0 Å². The molecule has 1 amide bonds. The summed E-state index contributed by atoms with van der Waals surface area (Å²) in [6, 6.07) is 6.67. The van der Waals surface area contributed by atoms with Crippen LogP contribution in [-0.2, 0) is 10.0 Å². The molecule has 0 aliphatic carbocycles. The van der Waals surface area contributed by atoms with Crippen LogP contribution in [-0.4, -0.2) is 54.7 Å². The van der Waals surface area contributed by atoms with Crippen LogP contribution < -0.4 is 25.6 Å². The van der Waals surface area contributed by atoms with Gasteiger partial charge in [-0.15, -0.1) is 4.40 Å². The summed E-state index contributed by atoms with van der Waals surface area (Å²) in [5, 5.41) is 1.88. The minimum Gasteiger partial charge on any atom is -0.494 e. The summed E-state index contributed by atoms with van der Waals surface area (Å²) in [5.41, 5.74) is 7.24. The fraction of sp³-hybridized carbons (Fsp3) is 0.320. The van der Waals surface area contributed by atoms with Gasteiger partial charge in [0.05, 0.1) is 25.0 Å². The Balaban J connectivity index is 1.95. The first-order valence-electron chi connectivity index (χ1n) is 11.6. The van der Waals surface area contributed by atoms with Gasteiger partial charge in [-0.3, -0.25) is 20.6 Å². The highest BCUT2D eigenvalue weighted by Crippen LogP contribution is 2.34. The van der Waals surface area contributed by atoms with Crippen molar-refractivity contribution in [3.8, 4) is 11.5 Å². The first-order valence-corrected chi connectivity index (χ1v) is 13.1. The third kappa shape index (κ3) is 6.94. The first-order chi connectivity index (χ1) is 18.1. The van der Waals surface area contributed by atoms with Gasteiger partial charge in [0, 0.05) is 30.7 Å². The molecule has 1 aromatic carbocycles. The van der Waals surface area contributed by atoms with Crippen LogP contribution >= 0.6 is 0 Å². The number of rotatable bonds is 8. The van der Waals surface area contributed by atoms with E-state index >= 15 is 0 Å². The number of carbonyl (C=O) groups excluding carboxylic acids is 1. The van der Waals surface area contributed by atoms with Crippen LogP contribution in [0, 0.1) is 13.8 Å². The molecule has 3 aromatic rings. The van der Waals surface area contributed by atoms with Crippen molar-refractivity contribution in [1.82, 2.24) is 25.8 Å². The number of nitrogens with zero attached hydrogens (tertiary/aromatic N) is 4. The van der Waals surface area contributed by atoms with Crippen molar-refractivity contribution < 1.29 is 22.7 Å². The van der Waals surface area contributed by atoms with Crippen molar-refractivity contribution in [3.63, 3.8) is 0 Å². The molecule has 2 aromatic heterocycles. The predicted octanol–water partition coefficient (Wildman–Crippen LogP) is 2.73. The molecule has 0 aliphatic heterocycles. The molecule has 0 bridgehead atoms. The molecular weight excluding hydrogens is 510 g/mol. The number of para-hydroxylation sites is 1. The minimum absolute atomic E-state index is 0.271. The molecule has 0 spiro atoms. The van der Waals surface area contributed by atoms with Crippen molar-refractivity contribution in [2.24, 2.45) is 4.40 Å². The van der Waals surface area contributed by atoms with E-state index in [9.17, 15) is 13.2 Å². The Morgan fingerprint density at radius 2 is 1.58 bits per heavy atom. The quantitative estimate of drug-likeness (QED) is 0.220. The summed E-state index contributed by atoms with van der Waals surface area (Å²) < 4.78 is 41.5. The SMILES string of the molecule is COc1cccc(OC)c1NC(=NS(=O)(=O)[C@H](C)[C@H](C)c1ncc(C)cn1)NNC(=O)c1cncc(C)c1. The zero-order chi connectivity index (χ0) is 27.9. The van der Waals surface area contributed by atoms with Crippen molar-refractivity contribution in [3.05, 3.63) is 71.6 Å². The molecule has 0 unspecified atom stereocenters. The first kappa shape index (κ1) is 28.3. The van der Waals surface area contributed by atoms with E-state index in [0.717, 1.165) is 11.1 Å². The third-order valence-corrected chi connectivity index (χ3v) is 7.49. The van der Waals surface area contributed by atoms with E-state index in [-0.39, 0.29) is 11.5 Å². The lowest BCUT2D eigenvalue weighted by Gasteiger charge is -2.20. The lowest BCUT2D eigenvalue weighted by molar-refractivity contribution is 0.0943. The number of hydrogen-bond donors (Lipinski definition) is 3. The highest BCUT2D eigenvalue weighted by Gasteiger charge is 2.30. The maximum absolute atomic E-state index is 13.4. The zero-order valence-electron chi connectivity index (χ0n) is 22.0. The Bertz CT molecular complexity index is 1390. The number of methoxy groups -OCH3 is 2. The number of guanidine groups is 1.